The van der Waals surface area contributed by atoms with Crippen LogP contribution in [0.3, 0.4) is 0 Å². The third-order valence-corrected chi connectivity index (χ3v) is 7.52. The van der Waals surface area contributed by atoms with E-state index in [4.69, 9.17) is 14.5 Å². The quantitative estimate of drug-likeness (QED) is 0.489. The summed E-state index contributed by atoms with van der Waals surface area (Å²) >= 11 is 0. The molecule has 2 amide bonds. The molecule has 1 atom stereocenters. The van der Waals surface area contributed by atoms with Crippen molar-refractivity contribution in [3.63, 3.8) is 0 Å². The number of pyridine rings is 1. The summed E-state index contributed by atoms with van der Waals surface area (Å²) in [5, 5.41) is 12.1. The zero-order valence-electron chi connectivity index (χ0n) is 22.3. The van der Waals surface area contributed by atoms with E-state index in [-0.39, 0.29) is 38.1 Å². The van der Waals surface area contributed by atoms with Crippen LogP contribution in [0.2, 0.25) is 0 Å². The molecule has 37 heavy (non-hydrogen) atoms. The minimum atomic E-state index is -1.08. The molecule has 1 unspecified atom stereocenters. The zero-order chi connectivity index (χ0) is 26.6. The fourth-order valence-corrected chi connectivity index (χ4v) is 5.18. The number of fused-ring (bicyclic) bond motifs is 1. The highest BCUT2D eigenvalue weighted by atomic mass is 16.6. The van der Waals surface area contributed by atoms with Gasteiger partial charge in [0.05, 0.1) is 12.0 Å². The number of aryl methyl sites for hydroxylation is 3. The summed E-state index contributed by atoms with van der Waals surface area (Å²) in [5.74, 6) is -1.24. The van der Waals surface area contributed by atoms with Crippen LogP contribution in [0.15, 0.2) is 12.1 Å². The van der Waals surface area contributed by atoms with Gasteiger partial charge in [-0.05, 0) is 89.7 Å². The predicted octanol–water partition coefficient (Wildman–Crippen LogP) is 3.51. The van der Waals surface area contributed by atoms with Crippen LogP contribution in [0.5, 0.6) is 0 Å². The Bertz CT molecular complexity index is 979. The molecular weight excluding hydrogens is 474 g/mol. The van der Waals surface area contributed by atoms with E-state index in [1.54, 1.807) is 20.8 Å². The first kappa shape index (κ1) is 27.4. The molecule has 9 nitrogen and oxygen atoms in total. The summed E-state index contributed by atoms with van der Waals surface area (Å²) in [4.78, 5) is 42.5. The van der Waals surface area contributed by atoms with E-state index >= 15 is 0 Å². The maximum absolute atomic E-state index is 12.5. The number of aromatic nitrogens is 1. The van der Waals surface area contributed by atoms with Crippen molar-refractivity contribution in [2.75, 3.05) is 19.7 Å². The Morgan fingerprint density at radius 2 is 1.89 bits per heavy atom. The fraction of sp³-hybridized carbons (Fsp3) is 0.714. The average molecular weight is 516 g/mol. The van der Waals surface area contributed by atoms with Crippen molar-refractivity contribution < 1.29 is 29.0 Å². The molecule has 4 rings (SSSR count). The smallest absolute Gasteiger partial charge is 0.410 e. The predicted molar refractivity (Wildman–Crippen MR) is 137 cm³/mol. The van der Waals surface area contributed by atoms with Crippen LogP contribution in [-0.2, 0) is 38.3 Å². The lowest BCUT2D eigenvalue weighted by atomic mass is 9.79. The molecule has 2 fully saturated rings. The average Bonchev–Trinajstić information content (AvgIpc) is 2.76. The largest absolute Gasteiger partial charge is 0.480 e. The number of rotatable bonds is 10. The van der Waals surface area contributed by atoms with Gasteiger partial charge in [-0.15, -0.1) is 0 Å². The normalized spacial score (nSPS) is 22.3. The van der Waals surface area contributed by atoms with E-state index < -0.39 is 29.6 Å². The summed E-state index contributed by atoms with van der Waals surface area (Å²) in [6, 6.07) is 3.42. The number of nitrogens with zero attached hydrogens (tertiary/aromatic N) is 2. The van der Waals surface area contributed by atoms with Gasteiger partial charge in [0.15, 0.2) is 0 Å². The van der Waals surface area contributed by atoms with Crippen LogP contribution >= 0.6 is 0 Å². The second-order valence-electron chi connectivity index (χ2n) is 11.8. The van der Waals surface area contributed by atoms with Gasteiger partial charge in [0.2, 0.25) is 5.91 Å². The molecule has 0 bridgehead atoms. The van der Waals surface area contributed by atoms with Crippen molar-refractivity contribution in [2.45, 2.75) is 96.3 Å². The molecule has 1 saturated heterocycles. The van der Waals surface area contributed by atoms with Crippen molar-refractivity contribution in [1.82, 2.24) is 15.2 Å². The molecule has 2 N–H and O–H groups in total. The number of carboxylic acids is 1. The number of ether oxygens (including phenoxy) is 2. The summed E-state index contributed by atoms with van der Waals surface area (Å²) < 4.78 is 11.2. The van der Waals surface area contributed by atoms with Crippen LogP contribution in [-0.4, -0.2) is 70.4 Å². The Balaban J connectivity index is 1.10. The Labute approximate surface area is 219 Å². The Hall–Kier alpha value is -2.68. The first-order valence-corrected chi connectivity index (χ1v) is 13.7. The Morgan fingerprint density at radius 3 is 2.59 bits per heavy atom. The van der Waals surface area contributed by atoms with Crippen LogP contribution in [0.25, 0.3) is 0 Å². The first-order chi connectivity index (χ1) is 17.6. The van der Waals surface area contributed by atoms with E-state index in [0.717, 1.165) is 38.5 Å². The highest BCUT2D eigenvalue weighted by Crippen LogP contribution is 2.34. The van der Waals surface area contributed by atoms with Gasteiger partial charge in [0.25, 0.3) is 0 Å². The molecule has 0 aromatic carbocycles. The minimum Gasteiger partial charge on any atom is -0.480 e. The maximum atomic E-state index is 12.5. The van der Waals surface area contributed by atoms with E-state index in [1.165, 1.54) is 34.7 Å². The lowest BCUT2D eigenvalue weighted by Gasteiger charge is -2.39. The summed E-state index contributed by atoms with van der Waals surface area (Å²) in [6.45, 7) is 6.10. The Morgan fingerprint density at radius 1 is 1.16 bits per heavy atom. The van der Waals surface area contributed by atoms with Gasteiger partial charge in [-0.1, -0.05) is 6.07 Å². The van der Waals surface area contributed by atoms with Gasteiger partial charge in [-0.3, -0.25) is 9.78 Å². The molecule has 2 aliphatic carbocycles. The van der Waals surface area contributed by atoms with Gasteiger partial charge < -0.3 is 24.8 Å². The highest BCUT2D eigenvalue weighted by Gasteiger charge is 2.39. The molecule has 2 heterocycles. The number of hydrogen-bond donors (Lipinski definition) is 2. The third-order valence-electron chi connectivity index (χ3n) is 7.52. The molecule has 204 valence electrons. The molecule has 1 aromatic heterocycles. The van der Waals surface area contributed by atoms with Crippen LogP contribution < -0.4 is 5.32 Å². The highest BCUT2D eigenvalue weighted by molar-refractivity contribution is 5.87. The second-order valence-corrected chi connectivity index (χ2v) is 11.8. The van der Waals surface area contributed by atoms with Gasteiger partial charge in [-0.25, -0.2) is 9.59 Å². The number of hydrogen-bond acceptors (Lipinski definition) is 6. The number of amides is 2. The van der Waals surface area contributed by atoms with Gasteiger partial charge in [0.1, 0.15) is 11.6 Å². The van der Waals surface area contributed by atoms with Crippen molar-refractivity contribution >= 4 is 18.0 Å². The number of nitrogens with one attached hydrogen (secondary N) is 1. The first-order valence-electron chi connectivity index (χ1n) is 13.7. The van der Waals surface area contributed by atoms with Gasteiger partial charge >= 0.3 is 12.1 Å². The van der Waals surface area contributed by atoms with Crippen LogP contribution in [0.1, 0.15) is 76.2 Å². The van der Waals surface area contributed by atoms with Crippen molar-refractivity contribution in [1.29, 1.82) is 0 Å². The van der Waals surface area contributed by atoms with Crippen LogP contribution in [0.4, 0.5) is 4.79 Å². The number of likely N-dealkylation sites (tertiary alicyclic amines) is 1. The number of carboxylic acid groups (broad SMARTS) is 1. The zero-order valence-corrected chi connectivity index (χ0v) is 22.3. The molecule has 0 radical (unpaired) electrons. The van der Waals surface area contributed by atoms with Crippen molar-refractivity contribution in [2.24, 2.45) is 11.8 Å². The molecule has 1 aliphatic heterocycles. The number of carbonyl (C=O) groups excluding carboxylic acids is 2. The number of aliphatic carboxylic acids is 1. The van der Waals surface area contributed by atoms with Gasteiger partial charge in [0, 0.05) is 37.5 Å². The van der Waals surface area contributed by atoms with E-state index in [0.29, 0.717) is 5.92 Å². The standard InChI is InChI=1S/C28H41N3O6/c1-28(2,3)37-27(35)31-16-20(17-31)25(32)30-24(26(33)34)12-13-36-22-14-18(15-22)8-10-21-11-9-19-6-4-5-7-23(19)29-21/h9,11,18,20,22,24H,4-8,10,12-17H2,1-3H3,(H,30,32)(H,33,34). The molecule has 9 heteroatoms. The second kappa shape index (κ2) is 11.8. The van der Waals surface area contributed by atoms with Crippen molar-refractivity contribution in [3.8, 4) is 0 Å². The van der Waals surface area contributed by atoms with Crippen molar-refractivity contribution in [3.05, 3.63) is 29.1 Å². The molecular formula is C28H41N3O6. The third kappa shape index (κ3) is 7.66. The minimum absolute atomic E-state index is 0.153. The Kier molecular flexibility index (Phi) is 8.72. The SMILES string of the molecule is CC(C)(C)OC(=O)N1CC(C(=O)NC(CCOC2CC(CCc3ccc4c(n3)CCCC4)C2)C(=O)O)C1. The van der Waals surface area contributed by atoms with E-state index in [9.17, 15) is 19.5 Å². The van der Waals surface area contributed by atoms with Gasteiger partial charge in [-0.2, -0.15) is 0 Å². The summed E-state index contributed by atoms with van der Waals surface area (Å²) in [6.07, 6.45) is 8.73. The molecule has 0 spiro atoms. The summed E-state index contributed by atoms with van der Waals surface area (Å²) in [7, 11) is 0. The fourth-order valence-electron chi connectivity index (χ4n) is 5.18. The number of carbonyl (C=O) groups is 3. The van der Waals surface area contributed by atoms with E-state index in [2.05, 4.69) is 17.4 Å². The van der Waals surface area contributed by atoms with E-state index in [1.807, 2.05) is 0 Å². The monoisotopic (exact) mass is 515 g/mol. The molecule has 1 aromatic rings. The lowest BCUT2D eigenvalue weighted by molar-refractivity contribution is -0.144. The maximum Gasteiger partial charge on any atom is 0.410 e. The lowest BCUT2D eigenvalue weighted by Crippen LogP contribution is -2.58. The molecule has 3 aliphatic rings. The topological polar surface area (TPSA) is 118 Å². The van der Waals surface area contributed by atoms with Crippen LogP contribution in [0, 0.1) is 11.8 Å². The summed E-state index contributed by atoms with van der Waals surface area (Å²) in [5.41, 5.74) is 3.29. The molecule has 1 saturated carbocycles.